The summed E-state index contributed by atoms with van der Waals surface area (Å²) in [6.07, 6.45) is 18.3. The van der Waals surface area contributed by atoms with Crippen molar-refractivity contribution in [2.24, 2.45) is 0 Å². The zero-order valence-electron chi connectivity index (χ0n) is 26.1. The molecule has 2 aromatic rings. The Morgan fingerprint density at radius 1 is 0.821 bits per heavy atom. The normalized spacial score (nSPS) is 11.5. The van der Waals surface area contributed by atoms with Gasteiger partial charge in [-0.3, -0.25) is 4.79 Å². The molecule has 0 spiro atoms. The maximum absolute atomic E-state index is 12.5. The van der Waals surface area contributed by atoms with E-state index in [4.69, 9.17) is 4.74 Å². The number of pyridine rings is 1. The lowest BCUT2D eigenvalue weighted by Crippen LogP contribution is -2.40. The Balaban J connectivity index is 1.84. The average Bonchev–Trinajstić information content (AvgIpc) is 2.91. The van der Waals surface area contributed by atoms with Gasteiger partial charge in [0.1, 0.15) is 18.8 Å². The largest absolute Gasteiger partial charge is 0.493 e. The number of carbonyl (C=O) groups excluding carboxylic acids is 1. The highest BCUT2D eigenvalue weighted by atomic mass is 16.5. The minimum atomic E-state index is -0.0341. The number of benzene rings is 1. The molecular formula is C35H57N2O2+. The Bertz CT molecular complexity index is 963. The van der Waals surface area contributed by atoms with Crippen LogP contribution < -0.4 is 9.30 Å². The van der Waals surface area contributed by atoms with Crippen LogP contribution in [0.4, 0.5) is 0 Å². The predicted molar refractivity (Wildman–Crippen MR) is 164 cm³/mol. The molecular weight excluding hydrogens is 480 g/mol. The van der Waals surface area contributed by atoms with Gasteiger partial charge in [0.15, 0.2) is 6.20 Å². The highest BCUT2D eigenvalue weighted by Gasteiger charge is 2.22. The van der Waals surface area contributed by atoms with Gasteiger partial charge in [-0.15, -0.1) is 0 Å². The molecule has 1 amide bonds. The number of carbonyl (C=O) groups is 1. The van der Waals surface area contributed by atoms with E-state index in [1.807, 2.05) is 17.0 Å². The molecule has 1 heterocycles. The number of unbranched alkanes of at least 4 members (excludes halogenated alkanes) is 11. The van der Waals surface area contributed by atoms with Crippen molar-refractivity contribution in [2.45, 2.75) is 144 Å². The third-order valence-electron chi connectivity index (χ3n) is 7.65. The minimum Gasteiger partial charge on any atom is -0.493 e. The molecule has 0 aliphatic rings. The third kappa shape index (κ3) is 12.6. The first-order chi connectivity index (χ1) is 18.8. The van der Waals surface area contributed by atoms with E-state index >= 15 is 0 Å². The number of nitrogens with zero attached hydrogens (tertiary/aromatic N) is 2. The van der Waals surface area contributed by atoms with Crippen LogP contribution in [-0.2, 0) is 29.8 Å². The van der Waals surface area contributed by atoms with Gasteiger partial charge in [0.05, 0.1) is 6.61 Å². The standard InChI is InChI=1S/C35H57N2O2/c1-7-9-10-11-12-13-14-15-16-17-18-21-26-39-34-24-23-31(27-33(34)35(4,5)6)28-37(30(3)38)29-32-22-19-20-25-36(32)8-2/h19-20,22-25,27H,7-18,21,26,28-29H2,1-6H3/q+1. The lowest BCUT2D eigenvalue weighted by Gasteiger charge is -2.25. The van der Waals surface area contributed by atoms with E-state index in [9.17, 15) is 4.79 Å². The predicted octanol–water partition coefficient (Wildman–Crippen LogP) is 8.92. The van der Waals surface area contributed by atoms with Crippen molar-refractivity contribution >= 4 is 5.91 Å². The molecule has 0 bridgehead atoms. The average molecular weight is 538 g/mol. The Kier molecular flexibility index (Phi) is 15.2. The Morgan fingerprint density at radius 3 is 2.00 bits per heavy atom. The zero-order chi connectivity index (χ0) is 28.5. The van der Waals surface area contributed by atoms with Gasteiger partial charge in [-0.05, 0) is 42.0 Å². The smallest absolute Gasteiger partial charge is 0.220 e. The number of hydrogen-bond donors (Lipinski definition) is 0. The summed E-state index contributed by atoms with van der Waals surface area (Å²) >= 11 is 0. The summed E-state index contributed by atoms with van der Waals surface area (Å²) in [6.45, 7) is 15.6. The lowest BCUT2D eigenvalue weighted by atomic mass is 9.85. The summed E-state index contributed by atoms with van der Waals surface area (Å²) in [7, 11) is 0. The lowest BCUT2D eigenvalue weighted by molar-refractivity contribution is -0.701. The van der Waals surface area contributed by atoms with Gasteiger partial charge in [0.25, 0.3) is 0 Å². The minimum absolute atomic E-state index is 0.0341. The van der Waals surface area contributed by atoms with Crippen LogP contribution in [0.3, 0.4) is 0 Å². The molecule has 4 nitrogen and oxygen atoms in total. The van der Waals surface area contributed by atoms with Crippen molar-refractivity contribution in [2.75, 3.05) is 6.61 Å². The summed E-state index contributed by atoms with van der Waals surface area (Å²) in [6, 6.07) is 12.7. The molecule has 0 fully saturated rings. The van der Waals surface area contributed by atoms with Gasteiger partial charge in [-0.2, -0.15) is 0 Å². The van der Waals surface area contributed by atoms with Crippen LogP contribution in [0.25, 0.3) is 0 Å². The van der Waals surface area contributed by atoms with Crippen LogP contribution in [0, 0.1) is 0 Å². The van der Waals surface area contributed by atoms with Gasteiger partial charge < -0.3 is 9.64 Å². The summed E-state index contributed by atoms with van der Waals surface area (Å²) in [4.78, 5) is 14.5. The molecule has 0 unspecified atom stereocenters. The van der Waals surface area contributed by atoms with E-state index < -0.39 is 0 Å². The van der Waals surface area contributed by atoms with Crippen LogP contribution >= 0.6 is 0 Å². The molecule has 0 atom stereocenters. The SMILES string of the molecule is CCCCCCCCCCCCCCOc1ccc(CN(Cc2cccc[n+]2CC)C(C)=O)cc1C(C)(C)C. The van der Waals surface area contributed by atoms with E-state index in [2.05, 4.69) is 69.6 Å². The van der Waals surface area contributed by atoms with Crippen molar-refractivity contribution in [3.8, 4) is 5.75 Å². The fourth-order valence-electron chi connectivity index (χ4n) is 5.17. The number of amides is 1. The highest BCUT2D eigenvalue weighted by Crippen LogP contribution is 2.33. The van der Waals surface area contributed by atoms with Crippen LogP contribution in [0.1, 0.15) is 135 Å². The van der Waals surface area contributed by atoms with E-state index in [1.165, 1.54) is 76.2 Å². The molecule has 0 aliphatic heterocycles. The summed E-state index contributed by atoms with van der Waals surface area (Å²) in [5.41, 5.74) is 3.47. The molecule has 218 valence electrons. The second-order valence-corrected chi connectivity index (χ2v) is 12.2. The first kappa shape index (κ1) is 32.8. The first-order valence-corrected chi connectivity index (χ1v) is 15.7. The Labute approximate surface area is 240 Å². The fourth-order valence-corrected chi connectivity index (χ4v) is 5.17. The van der Waals surface area contributed by atoms with Gasteiger partial charge in [0.2, 0.25) is 11.6 Å². The first-order valence-electron chi connectivity index (χ1n) is 15.7. The van der Waals surface area contributed by atoms with Crippen molar-refractivity contribution in [3.05, 3.63) is 59.4 Å². The molecule has 1 aromatic heterocycles. The van der Waals surface area contributed by atoms with E-state index in [-0.39, 0.29) is 11.3 Å². The summed E-state index contributed by atoms with van der Waals surface area (Å²) in [5.74, 6) is 1.07. The maximum Gasteiger partial charge on any atom is 0.220 e. The zero-order valence-corrected chi connectivity index (χ0v) is 26.1. The Morgan fingerprint density at radius 2 is 1.44 bits per heavy atom. The van der Waals surface area contributed by atoms with Gasteiger partial charge in [-0.25, -0.2) is 4.57 Å². The number of rotatable bonds is 19. The maximum atomic E-state index is 12.5. The molecule has 2 rings (SSSR count). The molecule has 0 saturated carbocycles. The van der Waals surface area contributed by atoms with E-state index in [0.29, 0.717) is 13.1 Å². The van der Waals surface area contributed by atoms with E-state index in [1.54, 1.807) is 6.92 Å². The topological polar surface area (TPSA) is 33.4 Å². The summed E-state index contributed by atoms with van der Waals surface area (Å²) in [5, 5.41) is 0. The molecule has 39 heavy (non-hydrogen) atoms. The molecule has 0 saturated heterocycles. The molecule has 0 radical (unpaired) electrons. The quantitative estimate of drug-likeness (QED) is 0.132. The number of aryl methyl sites for hydroxylation is 1. The molecule has 4 heteroatoms. The third-order valence-corrected chi connectivity index (χ3v) is 7.65. The van der Waals surface area contributed by atoms with Crippen LogP contribution in [-0.4, -0.2) is 17.4 Å². The van der Waals surface area contributed by atoms with Crippen LogP contribution in [0.2, 0.25) is 0 Å². The van der Waals surface area contributed by atoms with Crippen LogP contribution in [0.5, 0.6) is 5.75 Å². The summed E-state index contributed by atoms with van der Waals surface area (Å²) < 4.78 is 8.50. The second-order valence-electron chi connectivity index (χ2n) is 12.2. The number of ether oxygens (including phenoxy) is 1. The van der Waals surface area contributed by atoms with Gasteiger partial charge in [-0.1, -0.05) is 110 Å². The van der Waals surface area contributed by atoms with Gasteiger partial charge in [0, 0.05) is 25.6 Å². The molecule has 0 aliphatic carbocycles. The van der Waals surface area contributed by atoms with Crippen molar-refractivity contribution < 1.29 is 14.1 Å². The van der Waals surface area contributed by atoms with Crippen molar-refractivity contribution in [3.63, 3.8) is 0 Å². The molecule has 0 N–H and O–H groups in total. The highest BCUT2D eigenvalue weighted by molar-refractivity contribution is 5.73. The molecule has 1 aromatic carbocycles. The Hall–Kier alpha value is -2.36. The van der Waals surface area contributed by atoms with E-state index in [0.717, 1.165) is 36.6 Å². The van der Waals surface area contributed by atoms with Crippen molar-refractivity contribution in [1.29, 1.82) is 0 Å². The fraction of sp³-hybridized carbons (Fsp3) is 0.657. The monoisotopic (exact) mass is 537 g/mol. The van der Waals surface area contributed by atoms with Gasteiger partial charge >= 0.3 is 0 Å². The van der Waals surface area contributed by atoms with Crippen LogP contribution in [0.15, 0.2) is 42.6 Å². The second kappa shape index (κ2) is 18.1. The number of hydrogen-bond acceptors (Lipinski definition) is 2. The number of aromatic nitrogens is 1. The van der Waals surface area contributed by atoms with Crippen molar-refractivity contribution in [1.82, 2.24) is 4.90 Å².